The fourth-order valence-corrected chi connectivity index (χ4v) is 3.25. The van der Waals surface area contributed by atoms with Gasteiger partial charge in [0, 0.05) is 5.39 Å². The van der Waals surface area contributed by atoms with E-state index in [0.717, 1.165) is 12.8 Å². The highest BCUT2D eigenvalue weighted by Gasteiger charge is 2.28. The predicted octanol–water partition coefficient (Wildman–Crippen LogP) is 4.60. The fraction of sp³-hybridized carbons (Fsp3) is 0.412. The molecule has 0 saturated carbocycles. The minimum Gasteiger partial charge on any atom is -0.458 e. The maximum Gasteiger partial charge on any atom is 0.134 e. The second-order valence-electron chi connectivity index (χ2n) is 5.97. The predicted molar refractivity (Wildman–Crippen MR) is 76.8 cm³/mol. The van der Waals surface area contributed by atoms with Crippen molar-refractivity contribution in [3.05, 3.63) is 47.5 Å². The summed E-state index contributed by atoms with van der Waals surface area (Å²) in [5.41, 5.74) is 1.94. The monoisotopic (exact) mass is 274 g/mol. The maximum absolute atomic E-state index is 13.2. The molecular formula is C17H19FO2. The zero-order valence-corrected chi connectivity index (χ0v) is 11.8. The van der Waals surface area contributed by atoms with Crippen molar-refractivity contribution < 1.29 is 13.9 Å². The van der Waals surface area contributed by atoms with E-state index in [2.05, 4.69) is 19.9 Å². The molecule has 3 atom stereocenters. The Labute approximate surface area is 117 Å². The van der Waals surface area contributed by atoms with Gasteiger partial charge in [0.25, 0.3) is 0 Å². The Kier molecular flexibility index (Phi) is 3.38. The van der Waals surface area contributed by atoms with Gasteiger partial charge in [0.2, 0.25) is 0 Å². The lowest BCUT2D eigenvalue weighted by atomic mass is 9.80. The fourth-order valence-electron chi connectivity index (χ4n) is 3.25. The quantitative estimate of drug-likeness (QED) is 0.812. The lowest BCUT2D eigenvalue weighted by Crippen LogP contribution is -2.18. The smallest absolute Gasteiger partial charge is 0.134 e. The molecule has 1 aliphatic carbocycles. The number of halogens is 1. The van der Waals surface area contributed by atoms with Crippen molar-refractivity contribution in [3.8, 4) is 0 Å². The molecule has 1 aromatic carbocycles. The van der Waals surface area contributed by atoms with Crippen molar-refractivity contribution in [2.24, 2.45) is 11.8 Å². The molecule has 20 heavy (non-hydrogen) atoms. The van der Waals surface area contributed by atoms with Gasteiger partial charge in [-0.05, 0) is 55.9 Å². The van der Waals surface area contributed by atoms with E-state index in [1.165, 1.54) is 17.7 Å². The summed E-state index contributed by atoms with van der Waals surface area (Å²) in [5, 5.41) is 11.2. The van der Waals surface area contributed by atoms with E-state index in [-0.39, 0.29) is 11.7 Å². The van der Waals surface area contributed by atoms with Crippen LogP contribution in [0, 0.1) is 17.7 Å². The minimum absolute atomic E-state index is 0.167. The van der Waals surface area contributed by atoms with Gasteiger partial charge in [-0.1, -0.05) is 18.6 Å². The highest BCUT2D eigenvalue weighted by atomic mass is 19.1. The third kappa shape index (κ3) is 2.50. The number of hydrogen-bond acceptors (Lipinski definition) is 2. The molecule has 1 aliphatic rings. The van der Waals surface area contributed by atoms with Crippen LogP contribution in [0.3, 0.4) is 0 Å². The highest BCUT2D eigenvalue weighted by Crippen LogP contribution is 2.38. The van der Waals surface area contributed by atoms with Crippen molar-refractivity contribution in [3.63, 3.8) is 0 Å². The Hall–Kier alpha value is -1.61. The first-order valence-corrected chi connectivity index (χ1v) is 7.07. The van der Waals surface area contributed by atoms with Crippen LogP contribution in [0.15, 0.2) is 40.3 Å². The first-order chi connectivity index (χ1) is 9.52. The highest BCUT2D eigenvalue weighted by molar-refractivity contribution is 5.77. The average molecular weight is 274 g/mol. The number of aliphatic hydroxyl groups excluding tert-OH is 1. The third-order valence-electron chi connectivity index (χ3n) is 4.06. The molecule has 2 aromatic rings. The molecular weight excluding hydrogens is 255 g/mol. The molecule has 0 amide bonds. The summed E-state index contributed by atoms with van der Waals surface area (Å²) in [5.74, 6) is 0.896. The molecule has 0 aliphatic heterocycles. The Balaban J connectivity index is 1.88. The number of fused-ring (bicyclic) bond motifs is 1. The lowest BCUT2D eigenvalue weighted by Gasteiger charge is -2.28. The summed E-state index contributed by atoms with van der Waals surface area (Å²) < 4.78 is 18.9. The molecule has 1 heterocycles. The molecule has 0 radical (unpaired) electrons. The van der Waals surface area contributed by atoms with Crippen molar-refractivity contribution in [1.82, 2.24) is 0 Å². The Morgan fingerprint density at radius 1 is 1.35 bits per heavy atom. The van der Waals surface area contributed by atoms with Gasteiger partial charge < -0.3 is 9.52 Å². The standard InChI is InChI=1S/C17H19FO2/c1-10-5-11(2)7-13(6-10)17(19)16-9-12-8-14(18)3-4-15(12)20-16/h3-5,8-10,13,17,19H,6-7H2,1-2H3. The molecule has 1 N–H and O–H groups in total. The van der Waals surface area contributed by atoms with E-state index in [1.807, 2.05) is 0 Å². The van der Waals surface area contributed by atoms with Crippen LogP contribution in [-0.4, -0.2) is 5.11 Å². The van der Waals surface area contributed by atoms with E-state index in [9.17, 15) is 9.50 Å². The van der Waals surface area contributed by atoms with Gasteiger partial charge in [0.05, 0.1) is 0 Å². The molecule has 3 heteroatoms. The van der Waals surface area contributed by atoms with Gasteiger partial charge in [0.1, 0.15) is 23.3 Å². The molecule has 1 aromatic heterocycles. The first kappa shape index (κ1) is 13.4. The van der Waals surface area contributed by atoms with Crippen LogP contribution in [0.5, 0.6) is 0 Å². The van der Waals surface area contributed by atoms with Crippen LogP contribution in [-0.2, 0) is 0 Å². The van der Waals surface area contributed by atoms with E-state index >= 15 is 0 Å². The van der Waals surface area contributed by atoms with Crippen molar-refractivity contribution in [2.75, 3.05) is 0 Å². The van der Waals surface area contributed by atoms with Gasteiger partial charge in [-0.2, -0.15) is 0 Å². The van der Waals surface area contributed by atoms with Gasteiger partial charge in [-0.25, -0.2) is 4.39 Å². The van der Waals surface area contributed by atoms with E-state index in [0.29, 0.717) is 22.6 Å². The van der Waals surface area contributed by atoms with Crippen molar-refractivity contribution >= 4 is 11.0 Å². The van der Waals surface area contributed by atoms with Crippen LogP contribution in [0.25, 0.3) is 11.0 Å². The molecule has 0 bridgehead atoms. The van der Waals surface area contributed by atoms with Gasteiger partial charge in [0.15, 0.2) is 0 Å². The van der Waals surface area contributed by atoms with Crippen LogP contribution in [0.2, 0.25) is 0 Å². The van der Waals surface area contributed by atoms with Gasteiger partial charge >= 0.3 is 0 Å². The normalized spacial score (nSPS) is 24.7. The zero-order chi connectivity index (χ0) is 14.3. The number of benzene rings is 1. The molecule has 3 unspecified atom stereocenters. The maximum atomic E-state index is 13.2. The summed E-state index contributed by atoms with van der Waals surface area (Å²) in [4.78, 5) is 0. The van der Waals surface area contributed by atoms with Gasteiger partial charge in [-0.3, -0.25) is 0 Å². The Morgan fingerprint density at radius 3 is 2.90 bits per heavy atom. The molecule has 0 spiro atoms. The zero-order valence-electron chi connectivity index (χ0n) is 11.8. The van der Waals surface area contributed by atoms with E-state index in [4.69, 9.17) is 4.42 Å². The lowest BCUT2D eigenvalue weighted by molar-refractivity contribution is 0.0743. The first-order valence-electron chi connectivity index (χ1n) is 7.07. The summed E-state index contributed by atoms with van der Waals surface area (Å²) in [6.07, 6.45) is 3.47. The summed E-state index contributed by atoms with van der Waals surface area (Å²) >= 11 is 0. The molecule has 0 fully saturated rings. The summed E-state index contributed by atoms with van der Waals surface area (Å²) in [7, 11) is 0. The van der Waals surface area contributed by atoms with Crippen LogP contribution in [0.4, 0.5) is 4.39 Å². The number of furan rings is 1. The van der Waals surface area contributed by atoms with E-state index < -0.39 is 6.10 Å². The second-order valence-corrected chi connectivity index (χ2v) is 5.97. The van der Waals surface area contributed by atoms with Crippen molar-refractivity contribution in [1.29, 1.82) is 0 Å². The number of hydrogen-bond donors (Lipinski definition) is 1. The van der Waals surface area contributed by atoms with E-state index in [1.54, 1.807) is 12.1 Å². The number of rotatable bonds is 2. The van der Waals surface area contributed by atoms with Crippen LogP contribution >= 0.6 is 0 Å². The Morgan fingerprint density at radius 2 is 2.15 bits per heavy atom. The largest absolute Gasteiger partial charge is 0.458 e. The number of aliphatic hydroxyl groups is 1. The Bertz CT molecular complexity index is 656. The molecule has 2 nitrogen and oxygen atoms in total. The second kappa shape index (κ2) is 5.06. The van der Waals surface area contributed by atoms with Crippen LogP contribution in [0.1, 0.15) is 38.6 Å². The van der Waals surface area contributed by atoms with Crippen LogP contribution < -0.4 is 0 Å². The van der Waals surface area contributed by atoms with Crippen molar-refractivity contribution in [2.45, 2.75) is 32.8 Å². The topological polar surface area (TPSA) is 33.4 Å². The molecule has 0 saturated heterocycles. The summed E-state index contributed by atoms with van der Waals surface area (Å²) in [6.45, 7) is 4.26. The number of allylic oxidation sites excluding steroid dienone is 2. The third-order valence-corrected chi connectivity index (χ3v) is 4.06. The molecule has 3 rings (SSSR count). The molecule has 106 valence electrons. The van der Waals surface area contributed by atoms with Gasteiger partial charge in [-0.15, -0.1) is 0 Å². The SMILES string of the molecule is CC1=CC(C)CC(C(O)c2cc3cc(F)ccc3o2)C1. The summed E-state index contributed by atoms with van der Waals surface area (Å²) in [6, 6.07) is 6.16. The average Bonchev–Trinajstić information content (AvgIpc) is 2.79. The minimum atomic E-state index is -0.628.